The quantitative estimate of drug-likeness (QED) is 0.602. The molecule has 0 bridgehead atoms. The second-order valence-electron chi connectivity index (χ2n) is 3.40. The van der Waals surface area contributed by atoms with Gasteiger partial charge in [-0.15, -0.1) is 0 Å². The SMILES string of the molecule is CN(C)C(=O)Sc1cc(CC=O)ccc1F. The Kier molecular flexibility index (Phi) is 4.49. The number of halogens is 1. The van der Waals surface area contributed by atoms with Crippen molar-refractivity contribution in [2.24, 2.45) is 0 Å². The molecular formula is C11H12FNO2S. The van der Waals surface area contributed by atoms with Crippen LogP contribution >= 0.6 is 11.8 Å². The van der Waals surface area contributed by atoms with Gasteiger partial charge in [0.15, 0.2) is 0 Å². The van der Waals surface area contributed by atoms with E-state index in [0.29, 0.717) is 5.56 Å². The maximum atomic E-state index is 13.4. The van der Waals surface area contributed by atoms with Gasteiger partial charge in [-0.05, 0) is 29.5 Å². The van der Waals surface area contributed by atoms with E-state index in [4.69, 9.17) is 0 Å². The number of carbonyl (C=O) groups is 2. The maximum Gasteiger partial charge on any atom is 0.286 e. The van der Waals surface area contributed by atoms with Gasteiger partial charge in [0, 0.05) is 20.5 Å². The zero-order valence-electron chi connectivity index (χ0n) is 9.07. The molecule has 86 valence electrons. The van der Waals surface area contributed by atoms with E-state index >= 15 is 0 Å². The van der Waals surface area contributed by atoms with Gasteiger partial charge in [0.25, 0.3) is 5.24 Å². The lowest BCUT2D eigenvalue weighted by atomic mass is 10.2. The first kappa shape index (κ1) is 12.7. The van der Waals surface area contributed by atoms with Crippen molar-refractivity contribution in [3.05, 3.63) is 29.6 Å². The van der Waals surface area contributed by atoms with Gasteiger partial charge in [-0.2, -0.15) is 0 Å². The van der Waals surface area contributed by atoms with Crippen LogP contribution in [0.1, 0.15) is 5.56 Å². The van der Waals surface area contributed by atoms with E-state index in [2.05, 4.69) is 0 Å². The van der Waals surface area contributed by atoms with Crippen molar-refractivity contribution in [2.45, 2.75) is 11.3 Å². The standard InChI is InChI=1S/C11H12FNO2S/c1-13(2)11(15)16-10-7-8(5-6-14)3-4-9(10)12/h3-4,6-7H,5H2,1-2H3. The summed E-state index contributed by atoms with van der Waals surface area (Å²) in [5, 5.41) is -0.248. The largest absolute Gasteiger partial charge is 0.339 e. The highest BCUT2D eigenvalue weighted by atomic mass is 32.2. The number of amides is 1. The summed E-state index contributed by atoms with van der Waals surface area (Å²) in [5.74, 6) is -0.449. The van der Waals surface area contributed by atoms with Crippen LogP contribution in [0.2, 0.25) is 0 Å². The number of rotatable bonds is 3. The number of benzene rings is 1. The highest BCUT2D eigenvalue weighted by Gasteiger charge is 2.11. The van der Waals surface area contributed by atoms with Gasteiger partial charge in [-0.1, -0.05) is 6.07 Å². The second kappa shape index (κ2) is 5.65. The molecule has 3 nitrogen and oxygen atoms in total. The minimum absolute atomic E-state index is 0.226. The lowest BCUT2D eigenvalue weighted by Gasteiger charge is -2.10. The zero-order valence-corrected chi connectivity index (χ0v) is 9.88. The van der Waals surface area contributed by atoms with E-state index < -0.39 is 5.82 Å². The van der Waals surface area contributed by atoms with Gasteiger partial charge in [-0.25, -0.2) is 4.39 Å². The lowest BCUT2D eigenvalue weighted by Crippen LogP contribution is -2.16. The Labute approximate surface area is 97.6 Å². The van der Waals surface area contributed by atoms with Crippen LogP contribution in [0.25, 0.3) is 0 Å². The van der Waals surface area contributed by atoms with Gasteiger partial charge >= 0.3 is 0 Å². The van der Waals surface area contributed by atoms with E-state index in [1.54, 1.807) is 14.1 Å². The Bertz CT molecular complexity index is 407. The Morgan fingerprint density at radius 3 is 2.75 bits per heavy atom. The van der Waals surface area contributed by atoms with Crippen molar-refractivity contribution in [3.8, 4) is 0 Å². The fourth-order valence-electron chi connectivity index (χ4n) is 1.03. The summed E-state index contributed by atoms with van der Waals surface area (Å²) in [5.41, 5.74) is 0.699. The highest BCUT2D eigenvalue weighted by molar-refractivity contribution is 8.13. The molecule has 1 amide bonds. The van der Waals surface area contributed by atoms with Crippen LogP contribution in [0, 0.1) is 5.82 Å². The number of carbonyl (C=O) groups excluding carboxylic acids is 2. The second-order valence-corrected chi connectivity index (χ2v) is 4.39. The first-order valence-corrected chi connectivity index (χ1v) is 5.47. The van der Waals surface area contributed by atoms with E-state index in [9.17, 15) is 14.0 Å². The number of thioether (sulfide) groups is 1. The maximum absolute atomic E-state index is 13.4. The number of hydrogen-bond donors (Lipinski definition) is 0. The first-order valence-electron chi connectivity index (χ1n) is 4.65. The van der Waals surface area contributed by atoms with Gasteiger partial charge < -0.3 is 9.69 Å². The van der Waals surface area contributed by atoms with Crippen molar-refractivity contribution >= 4 is 23.3 Å². The molecule has 0 aromatic heterocycles. The van der Waals surface area contributed by atoms with Crippen molar-refractivity contribution in [1.82, 2.24) is 4.90 Å². The third-order valence-electron chi connectivity index (χ3n) is 1.88. The van der Waals surface area contributed by atoms with Crippen molar-refractivity contribution in [2.75, 3.05) is 14.1 Å². The average Bonchev–Trinajstić information content (AvgIpc) is 2.23. The molecule has 0 spiro atoms. The predicted octanol–water partition coefficient (Wildman–Crippen LogP) is 2.34. The fourth-order valence-corrected chi connectivity index (χ4v) is 1.78. The lowest BCUT2D eigenvalue weighted by molar-refractivity contribution is -0.107. The third kappa shape index (κ3) is 3.34. The Balaban J connectivity index is 2.89. The van der Waals surface area contributed by atoms with Crippen molar-refractivity contribution in [3.63, 3.8) is 0 Å². The summed E-state index contributed by atoms with van der Waals surface area (Å²) in [6, 6.07) is 4.33. The molecule has 1 rings (SSSR count). The third-order valence-corrected chi connectivity index (χ3v) is 2.95. The fraction of sp³-hybridized carbons (Fsp3) is 0.273. The molecule has 0 atom stereocenters. The molecule has 16 heavy (non-hydrogen) atoms. The molecule has 0 saturated carbocycles. The summed E-state index contributed by atoms with van der Waals surface area (Å²) < 4.78 is 13.4. The molecule has 1 aromatic rings. The Morgan fingerprint density at radius 1 is 1.50 bits per heavy atom. The highest BCUT2D eigenvalue weighted by Crippen LogP contribution is 2.25. The van der Waals surface area contributed by atoms with Gasteiger partial charge in [0.2, 0.25) is 0 Å². The minimum atomic E-state index is -0.449. The number of hydrogen-bond acceptors (Lipinski definition) is 3. The predicted molar refractivity (Wildman–Crippen MR) is 61.1 cm³/mol. The van der Waals surface area contributed by atoms with Crippen LogP contribution < -0.4 is 0 Å². The van der Waals surface area contributed by atoms with Crippen LogP contribution in [0.4, 0.5) is 9.18 Å². The molecule has 0 aliphatic rings. The molecule has 0 aliphatic carbocycles. The van der Waals surface area contributed by atoms with Gasteiger partial charge in [0.05, 0.1) is 4.90 Å². The molecule has 0 fully saturated rings. The number of nitrogens with zero attached hydrogens (tertiary/aromatic N) is 1. The normalized spacial score (nSPS) is 9.94. The summed E-state index contributed by atoms with van der Waals surface area (Å²) in [6.45, 7) is 0. The van der Waals surface area contributed by atoms with Crippen LogP contribution in [-0.2, 0) is 11.2 Å². The summed E-state index contributed by atoms with van der Waals surface area (Å²) >= 11 is 0.814. The minimum Gasteiger partial charge on any atom is -0.339 e. The first-order chi connectivity index (χ1) is 7.54. The molecule has 5 heteroatoms. The smallest absolute Gasteiger partial charge is 0.286 e. The topological polar surface area (TPSA) is 37.4 Å². The molecule has 0 aliphatic heterocycles. The molecular weight excluding hydrogens is 229 g/mol. The zero-order chi connectivity index (χ0) is 12.1. The molecule has 0 saturated heterocycles. The molecule has 0 radical (unpaired) electrons. The van der Waals surface area contributed by atoms with Crippen LogP contribution in [0.15, 0.2) is 23.1 Å². The Hall–Kier alpha value is -1.36. The van der Waals surface area contributed by atoms with Gasteiger partial charge in [-0.3, -0.25) is 4.79 Å². The van der Waals surface area contributed by atoms with Crippen molar-refractivity contribution < 1.29 is 14.0 Å². The Morgan fingerprint density at radius 2 is 2.19 bits per heavy atom. The molecule has 0 N–H and O–H groups in total. The van der Waals surface area contributed by atoms with Crippen LogP contribution in [0.5, 0.6) is 0 Å². The molecule has 1 aromatic carbocycles. The van der Waals surface area contributed by atoms with E-state index in [1.165, 1.54) is 23.1 Å². The van der Waals surface area contributed by atoms with Crippen molar-refractivity contribution in [1.29, 1.82) is 0 Å². The molecule has 0 unspecified atom stereocenters. The van der Waals surface area contributed by atoms with Crippen LogP contribution in [0.3, 0.4) is 0 Å². The summed E-state index contributed by atoms with van der Waals surface area (Å²) in [7, 11) is 3.20. The monoisotopic (exact) mass is 241 g/mol. The summed E-state index contributed by atoms with van der Waals surface area (Å²) in [4.78, 5) is 23.3. The molecule has 0 heterocycles. The average molecular weight is 241 g/mol. The van der Waals surface area contributed by atoms with E-state index in [1.807, 2.05) is 0 Å². The summed E-state index contributed by atoms with van der Waals surface area (Å²) in [6.07, 6.45) is 0.972. The van der Waals surface area contributed by atoms with E-state index in [-0.39, 0.29) is 16.6 Å². The number of aldehydes is 1. The van der Waals surface area contributed by atoms with E-state index in [0.717, 1.165) is 18.0 Å². The van der Waals surface area contributed by atoms with Crippen LogP contribution in [-0.4, -0.2) is 30.5 Å². The van der Waals surface area contributed by atoms with Gasteiger partial charge in [0.1, 0.15) is 12.1 Å².